The highest BCUT2D eigenvalue weighted by Crippen LogP contribution is 2.19. The first-order chi connectivity index (χ1) is 12.9. The monoisotopic (exact) mass is 379 g/mol. The van der Waals surface area contributed by atoms with Gasteiger partial charge in [-0.15, -0.1) is 0 Å². The van der Waals surface area contributed by atoms with E-state index >= 15 is 0 Å². The molecule has 0 saturated carbocycles. The maximum Gasteiger partial charge on any atom is 0.422 e. The first-order valence-electron chi connectivity index (χ1n) is 8.68. The van der Waals surface area contributed by atoms with E-state index in [1.54, 1.807) is 6.20 Å². The second-order valence-corrected chi connectivity index (χ2v) is 6.33. The Morgan fingerprint density at radius 3 is 2.41 bits per heavy atom. The summed E-state index contributed by atoms with van der Waals surface area (Å²) in [6, 6.07) is 9.40. The highest BCUT2D eigenvalue weighted by atomic mass is 19.4. The largest absolute Gasteiger partial charge is 0.484 e. The van der Waals surface area contributed by atoms with Gasteiger partial charge in [-0.2, -0.15) is 13.2 Å². The molecule has 1 aliphatic rings. The van der Waals surface area contributed by atoms with Crippen LogP contribution < -0.4 is 15.0 Å². The molecule has 0 aliphatic carbocycles. The minimum absolute atomic E-state index is 0.0607. The molecule has 1 N–H and O–H groups in total. The summed E-state index contributed by atoms with van der Waals surface area (Å²) >= 11 is 0. The fraction of sp³-hybridized carbons (Fsp3) is 0.368. The molecule has 2 aromatic rings. The van der Waals surface area contributed by atoms with Crippen molar-refractivity contribution in [2.75, 3.05) is 24.6 Å². The lowest BCUT2D eigenvalue weighted by Gasteiger charge is -2.16. The normalized spacial score (nSPS) is 14.3. The van der Waals surface area contributed by atoms with E-state index in [4.69, 9.17) is 0 Å². The summed E-state index contributed by atoms with van der Waals surface area (Å²) in [5.74, 6) is 0.684. The number of halogens is 3. The summed E-state index contributed by atoms with van der Waals surface area (Å²) in [5, 5.41) is 2.77. The van der Waals surface area contributed by atoms with Crippen molar-refractivity contribution in [1.82, 2.24) is 10.3 Å². The zero-order chi connectivity index (χ0) is 19.3. The zero-order valence-corrected chi connectivity index (χ0v) is 14.6. The van der Waals surface area contributed by atoms with Crippen LogP contribution in [0.15, 0.2) is 42.6 Å². The average Bonchev–Trinajstić information content (AvgIpc) is 3.19. The van der Waals surface area contributed by atoms with E-state index < -0.39 is 12.8 Å². The standard InChI is InChI=1S/C19H20F3N3O2/c20-19(21,22)13-27-16-6-4-15(5-7-16)18(26)24-12-14-3-8-17(23-11-14)25-9-1-2-10-25/h3-8,11H,1-2,9-10,12-13H2,(H,24,26). The van der Waals surface area contributed by atoms with Crippen LogP contribution in [0.25, 0.3) is 0 Å². The fourth-order valence-corrected chi connectivity index (χ4v) is 2.81. The Labute approximate surface area is 155 Å². The van der Waals surface area contributed by atoms with Crippen LogP contribution in [0.3, 0.4) is 0 Å². The number of amides is 1. The molecule has 1 saturated heterocycles. The van der Waals surface area contributed by atoms with Crippen LogP contribution in [0.1, 0.15) is 28.8 Å². The Morgan fingerprint density at radius 2 is 1.81 bits per heavy atom. The van der Waals surface area contributed by atoms with E-state index in [9.17, 15) is 18.0 Å². The first-order valence-corrected chi connectivity index (χ1v) is 8.68. The molecule has 1 amide bonds. The summed E-state index contributed by atoms with van der Waals surface area (Å²) < 4.78 is 41.0. The summed E-state index contributed by atoms with van der Waals surface area (Å²) in [7, 11) is 0. The second kappa shape index (κ2) is 8.28. The number of carbonyl (C=O) groups excluding carboxylic acids is 1. The molecule has 8 heteroatoms. The minimum Gasteiger partial charge on any atom is -0.484 e. The highest BCUT2D eigenvalue weighted by molar-refractivity contribution is 5.94. The molecular weight excluding hydrogens is 359 g/mol. The minimum atomic E-state index is -4.39. The maximum atomic E-state index is 12.2. The van der Waals surface area contributed by atoms with Gasteiger partial charge in [0.2, 0.25) is 0 Å². The number of hydrogen-bond donors (Lipinski definition) is 1. The average molecular weight is 379 g/mol. The van der Waals surface area contributed by atoms with Crippen molar-refractivity contribution < 1.29 is 22.7 Å². The zero-order valence-electron chi connectivity index (χ0n) is 14.6. The number of nitrogens with zero attached hydrogens (tertiary/aromatic N) is 2. The number of ether oxygens (including phenoxy) is 1. The van der Waals surface area contributed by atoms with Gasteiger partial charge in [-0.1, -0.05) is 6.07 Å². The number of aromatic nitrogens is 1. The molecule has 1 aromatic heterocycles. The van der Waals surface area contributed by atoms with Crippen molar-refractivity contribution in [2.45, 2.75) is 25.6 Å². The molecule has 144 valence electrons. The van der Waals surface area contributed by atoms with Crippen LogP contribution in [-0.2, 0) is 6.54 Å². The summed E-state index contributed by atoms with van der Waals surface area (Å²) in [6.45, 7) is 0.995. The number of carbonyl (C=O) groups is 1. The first kappa shape index (κ1) is 19.0. The number of rotatable bonds is 6. The van der Waals surface area contributed by atoms with E-state index in [1.807, 2.05) is 12.1 Å². The summed E-state index contributed by atoms with van der Waals surface area (Å²) in [6.07, 6.45) is -0.296. The van der Waals surface area contributed by atoms with Gasteiger partial charge in [0.05, 0.1) is 0 Å². The Morgan fingerprint density at radius 1 is 1.11 bits per heavy atom. The lowest BCUT2D eigenvalue weighted by Crippen LogP contribution is -2.23. The van der Waals surface area contributed by atoms with Crippen LogP contribution in [0.2, 0.25) is 0 Å². The molecule has 5 nitrogen and oxygen atoms in total. The van der Waals surface area contributed by atoms with Crippen LogP contribution in [-0.4, -0.2) is 36.8 Å². The summed E-state index contributed by atoms with van der Waals surface area (Å²) in [4.78, 5) is 18.8. The van der Waals surface area contributed by atoms with Crippen LogP contribution in [0, 0.1) is 0 Å². The molecule has 1 fully saturated rings. The van der Waals surface area contributed by atoms with Crippen molar-refractivity contribution in [3.05, 3.63) is 53.7 Å². The number of pyridine rings is 1. The van der Waals surface area contributed by atoms with Crippen molar-refractivity contribution in [1.29, 1.82) is 0 Å². The van der Waals surface area contributed by atoms with Gasteiger partial charge in [0, 0.05) is 31.4 Å². The van der Waals surface area contributed by atoms with E-state index in [2.05, 4.69) is 19.9 Å². The molecule has 1 aliphatic heterocycles. The molecule has 3 rings (SSSR count). The Kier molecular flexibility index (Phi) is 5.83. The number of nitrogens with one attached hydrogen (secondary N) is 1. The SMILES string of the molecule is O=C(NCc1ccc(N2CCCC2)nc1)c1ccc(OCC(F)(F)F)cc1. The quantitative estimate of drug-likeness (QED) is 0.834. The molecule has 0 spiro atoms. The lowest BCUT2D eigenvalue weighted by atomic mass is 10.2. The van der Waals surface area contributed by atoms with Gasteiger partial charge >= 0.3 is 6.18 Å². The second-order valence-electron chi connectivity index (χ2n) is 6.33. The van der Waals surface area contributed by atoms with Gasteiger partial charge in [-0.3, -0.25) is 4.79 Å². The molecule has 0 atom stereocenters. The van der Waals surface area contributed by atoms with Crippen molar-refractivity contribution in [3.8, 4) is 5.75 Å². The third-order valence-electron chi connectivity index (χ3n) is 4.21. The van der Waals surface area contributed by atoms with E-state index in [0.29, 0.717) is 12.1 Å². The molecule has 0 radical (unpaired) electrons. The van der Waals surface area contributed by atoms with Gasteiger partial charge < -0.3 is 15.0 Å². The molecule has 0 bridgehead atoms. The molecule has 27 heavy (non-hydrogen) atoms. The topological polar surface area (TPSA) is 54.5 Å². The van der Waals surface area contributed by atoms with Crippen LogP contribution >= 0.6 is 0 Å². The molecule has 1 aromatic carbocycles. The molecule has 2 heterocycles. The van der Waals surface area contributed by atoms with Crippen molar-refractivity contribution >= 4 is 11.7 Å². The lowest BCUT2D eigenvalue weighted by molar-refractivity contribution is -0.153. The summed E-state index contributed by atoms with van der Waals surface area (Å²) in [5.41, 5.74) is 1.22. The van der Waals surface area contributed by atoms with Crippen LogP contribution in [0.5, 0.6) is 5.75 Å². The van der Waals surface area contributed by atoms with Crippen molar-refractivity contribution in [2.24, 2.45) is 0 Å². The Balaban J connectivity index is 1.50. The van der Waals surface area contributed by atoms with E-state index in [0.717, 1.165) is 24.5 Å². The predicted molar refractivity (Wildman–Crippen MR) is 94.8 cm³/mol. The van der Waals surface area contributed by atoms with Crippen molar-refractivity contribution in [3.63, 3.8) is 0 Å². The number of hydrogen-bond acceptors (Lipinski definition) is 4. The van der Waals surface area contributed by atoms with Gasteiger partial charge in [0.1, 0.15) is 11.6 Å². The fourth-order valence-electron chi connectivity index (χ4n) is 2.81. The Bertz CT molecular complexity index is 755. The van der Waals surface area contributed by atoms with E-state index in [-0.39, 0.29) is 11.7 Å². The molecular formula is C19H20F3N3O2. The maximum absolute atomic E-state index is 12.2. The van der Waals surface area contributed by atoms with E-state index in [1.165, 1.54) is 37.1 Å². The van der Waals surface area contributed by atoms with Gasteiger partial charge in [-0.05, 0) is 48.7 Å². The smallest absolute Gasteiger partial charge is 0.422 e. The number of alkyl halides is 3. The number of anilines is 1. The predicted octanol–water partition coefficient (Wildman–Crippen LogP) is 3.55. The number of benzene rings is 1. The third-order valence-corrected chi connectivity index (χ3v) is 4.21. The van der Waals surface area contributed by atoms with Gasteiger partial charge in [-0.25, -0.2) is 4.98 Å². The van der Waals surface area contributed by atoms with Gasteiger partial charge in [0.25, 0.3) is 5.91 Å². The van der Waals surface area contributed by atoms with Crippen LogP contribution in [0.4, 0.5) is 19.0 Å². The third kappa shape index (κ3) is 5.60. The van der Waals surface area contributed by atoms with Gasteiger partial charge in [0.15, 0.2) is 6.61 Å². The molecule has 0 unspecified atom stereocenters. The highest BCUT2D eigenvalue weighted by Gasteiger charge is 2.28. The Hall–Kier alpha value is -2.77.